The third kappa shape index (κ3) is 2.87. The summed E-state index contributed by atoms with van der Waals surface area (Å²) in [6.07, 6.45) is -0.990. The molecule has 0 radical (unpaired) electrons. The maximum absolute atomic E-state index is 12.1. The van der Waals surface area contributed by atoms with Crippen LogP contribution in [0.3, 0.4) is 0 Å². The number of anilines is 1. The van der Waals surface area contributed by atoms with Crippen molar-refractivity contribution in [1.82, 2.24) is 4.57 Å². The molecule has 1 amide bonds. The van der Waals surface area contributed by atoms with E-state index in [-0.39, 0.29) is 0 Å². The number of hydrogen-bond acceptors (Lipinski definition) is 2. The Hall–Kier alpha value is -1.72. The molecule has 0 atom stereocenters. The normalized spacial score (nSPS) is 10.4. The first kappa shape index (κ1) is 11.4. The molecule has 0 bridgehead atoms. The zero-order valence-corrected chi connectivity index (χ0v) is 8.04. The van der Waals surface area contributed by atoms with Gasteiger partial charge in [0.2, 0.25) is 6.41 Å². The summed E-state index contributed by atoms with van der Waals surface area (Å²) in [5.74, 6) is 0. The van der Waals surface area contributed by atoms with Crippen molar-refractivity contribution in [2.24, 2.45) is 0 Å². The molecule has 0 aliphatic heterocycles. The highest BCUT2D eigenvalue weighted by Gasteiger charge is 2.08. The van der Waals surface area contributed by atoms with E-state index in [1.807, 2.05) is 0 Å². The molecule has 0 spiro atoms. The van der Waals surface area contributed by atoms with Crippen molar-refractivity contribution in [1.29, 1.82) is 0 Å². The Bertz CT molecular complexity index is 415. The van der Waals surface area contributed by atoms with Crippen LogP contribution in [-0.2, 0) is 11.3 Å². The molecule has 0 unspecified atom stereocenters. The van der Waals surface area contributed by atoms with Gasteiger partial charge < -0.3 is 9.88 Å². The number of rotatable bonds is 4. The first-order valence-corrected chi connectivity index (χ1v) is 4.24. The second kappa shape index (κ2) is 4.68. The van der Waals surface area contributed by atoms with E-state index in [2.05, 4.69) is 5.32 Å². The number of carbonyl (C=O) groups excluding carboxylic acids is 1. The number of halogens is 2. The molecular formula is C9H10F2N2O2. The molecule has 4 nitrogen and oxygen atoms in total. The predicted molar refractivity (Wildman–Crippen MR) is 51.1 cm³/mol. The van der Waals surface area contributed by atoms with Crippen molar-refractivity contribution in [3.05, 3.63) is 28.2 Å². The van der Waals surface area contributed by atoms with Crippen LogP contribution >= 0.6 is 0 Å². The number of aryl methyl sites for hydroxylation is 1. The highest BCUT2D eigenvalue weighted by molar-refractivity contribution is 5.70. The number of hydrogen-bond donors (Lipinski definition) is 1. The maximum atomic E-state index is 12.1. The molecule has 1 aromatic rings. The van der Waals surface area contributed by atoms with Crippen molar-refractivity contribution >= 4 is 12.1 Å². The predicted octanol–water partition coefficient (Wildman–Crippen LogP) is 0.990. The molecule has 0 fully saturated rings. The molecule has 0 saturated carbocycles. The van der Waals surface area contributed by atoms with Gasteiger partial charge in [0.05, 0.1) is 12.2 Å². The number of aromatic nitrogens is 1. The first-order valence-electron chi connectivity index (χ1n) is 4.24. The van der Waals surface area contributed by atoms with Gasteiger partial charge in [0.25, 0.3) is 12.0 Å². The number of nitrogens with zero attached hydrogens (tertiary/aromatic N) is 1. The van der Waals surface area contributed by atoms with Crippen LogP contribution in [0, 0.1) is 6.92 Å². The Labute approximate surface area is 84.5 Å². The molecule has 1 heterocycles. The minimum absolute atomic E-state index is 0.308. The Morgan fingerprint density at radius 1 is 1.60 bits per heavy atom. The summed E-state index contributed by atoms with van der Waals surface area (Å²) < 4.78 is 25.1. The minimum atomic E-state index is -2.60. The molecule has 0 saturated heterocycles. The summed E-state index contributed by atoms with van der Waals surface area (Å²) in [5.41, 5.74) is 0.150. The summed E-state index contributed by atoms with van der Waals surface area (Å²) in [5, 5.41) is 2.30. The van der Waals surface area contributed by atoms with Crippen LogP contribution in [0.15, 0.2) is 17.1 Å². The molecule has 1 aromatic heterocycles. The monoisotopic (exact) mass is 216 g/mol. The third-order valence-electron chi connectivity index (χ3n) is 1.83. The van der Waals surface area contributed by atoms with E-state index >= 15 is 0 Å². The van der Waals surface area contributed by atoms with Crippen LogP contribution in [0.1, 0.15) is 5.56 Å². The molecule has 1 N–H and O–H groups in total. The second-order valence-electron chi connectivity index (χ2n) is 3.02. The lowest BCUT2D eigenvalue weighted by atomic mass is 10.3. The first-order chi connectivity index (χ1) is 7.04. The Kier molecular flexibility index (Phi) is 3.54. The van der Waals surface area contributed by atoms with E-state index < -0.39 is 18.5 Å². The van der Waals surface area contributed by atoms with Crippen molar-refractivity contribution in [3.63, 3.8) is 0 Å². The lowest BCUT2D eigenvalue weighted by molar-refractivity contribution is -0.105. The van der Waals surface area contributed by atoms with Crippen LogP contribution in [0.4, 0.5) is 14.5 Å². The lowest BCUT2D eigenvalue weighted by Gasteiger charge is -2.08. The van der Waals surface area contributed by atoms with E-state index in [9.17, 15) is 18.4 Å². The number of nitrogens with one attached hydrogen (secondary N) is 1. The summed E-state index contributed by atoms with van der Waals surface area (Å²) in [4.78, 5) is 21.5. The topological polar surface area (TPSA) is 51.1 Å². The van der Waals surface area contributed by atoms with E-state index in [1.54, 1.807) is 0 Å². The zero-order chi connectivity index (χ0) is 11.4. The fourth-order valence-electron chi connectivity index (χ4n) is 1.22. The van der Waals surface area contributed by atoms with Crippen LogP contribution < -0.4 is 10.9 Å². The second-order valence-corrected chi connectivity index (χ2v) is 3.02. The van der Waals surface area contributed by atoms with Crippen molar-refractivity contribution in [2.75, 3.05) is 5.32 Å². The van der Waals surface area contributed by atoms with Crippen molar-refractivity contribution < 1.29 is 13.6 Å². The average Bonchev–Trinajstić information content (AvgIpc) is 2.13. The van der Waals surface area contributed by atoms with Crippen molar-refractivity contribution in [2.45, 2.75) is 19.9 Å². The van der Waals surface area contributed by atoms with E-state index in [0.717, 1.165) is 4.57 Å². The molecule has 15 heavy (non-hydrogen) atoms. The van der Waals surface area contributed by atoms with Crippen LogP contribution in [-0.4, -0.2) is 17.4 Å². The highest BCUT2D eigenvalue weighted by atomic mass is 19.3. The standard InChI is InChI=1S/C9H10F2N2O2/c1-6-2-7(12-5-14)3-13(9(6)15)4-8(10)11/h2-3,5,8H,4H2,1H3,(H,12,14). The van der Waals surface area contributed by atoms with Crippen LogP contribution in [0.5, 0.6) is 0 Å². The molecule has 1 rings (SSSR count). The lowest BCUT2D eigenvalue weighted by Crippen LogP contribution is -2.25. The molecule has 0 aliphatic rings. The Morgan fingerprint density at radius 3 is 2.80 bits per heavy atom. The van der Waals surface area contributed by atoms with E-state index in [4.69, 9.17) is 0 Å². The van der Waals surface area contributed by atoms with Gasteiger partial charge in [-0.15, -0.1) is 0 Å². The molecule has 6 heteroatoms. The number of pyridine rings is 1. The summed E-state index contributed by atoms with van der Waals surface area (Å²) >= 11 is 0. The maximum Gasteiger partial charge on any atom is 0.256 e. The minimum Gasteiger partial charge on any atom is -0.327 e. The fourth-order valence-corrected chi connectivity index (χ4v) is 1.22. The van der Waals surface area contributed by atoms with Gasteiger partial charge in [-0.05, 0) is 13.0 Å². The van der Waals surface area contributed by atoms with E-state index in [1.165, 1.54) is 19.2 Å². The summed E-state index contributed by atoms with van der Waals surface area (Å²) in [6.45, 7) is 0.828. The van der Waals surface area contributed by atoms with Gasteiger partial charge in [-0.25, -0.2) is 8.78 Å². The van der Waals surface area contributed by atoms with Gasteiger partial charge in [0.1, 0.15) is 0 Å². The zero-order valence-electron chi connectivity index (χ0n) is 8.04. The van der Waals surface area contributed by atoms with Crippen molar-refractivity contribution in [3.8, 4) is 0 Å². The Balaban J connectivity index is 3.12. The van der Waals surface area contributed by atoms with Crippen LogP contribution in [0.2, 0.25) is 0 Å². The number of carbonyl (C=O) groups is 1. The van der Waals surface area contributed by atoms with Gasteiger partial charge in [-0.1, -0.05) is 0 Å². The summed E-state index contributed by atoms with van der Waals surface area (Å²) in [6, 6.07) is 1.43. The van der Waals surface area contributed by atoms with Gasteiger partial charge in [-0.2, -0.15) is 0 Å². The van der Waals surface area contributed by atoms with Crippen LogP contribution in [0.25, 0.3) is 0 Å². The smallest absolute Gasteiger partial charge is 0.256 e. The average molecular weight is 216 g/mol. The molecular weight excluding hydrogens is 206 g/mol. The number of alkyl halides is 2. The van der Waals surface area contributed by atoms with Gasteiger partial charge in [0.15, 0.2) is 0 Å². The van der Waals surface area contributed by atoms with Gasteiger partial charge in [0, 0.05) is 11.8 Å². The number of amides is 1. The van der Waals surface area contributed by atoms with Gasteiger partial charge >= 0.3 is 0 Å². The molecule has 82 valence electrons. The largest absolute Gasteiger partial charge is 0.327 e. The molecule has 0 aromatic carbocycles. The van der Waals surface area contributed by atoms with Gasteiger partial charge in [-0.3, -0.25) is 9.59 Å². The summed E-state index contributed by atoms with van der Waals surface area (Å²) in [7, 11) is 0. The quantitative estimate of drug-likeness (QED) is 0.763. The highest BCUT2D eigenvalue weighted by Crippen LogP contribution is 2.06. The SMILES string of the molecule is Cc1cc(NC=O)cn(CC(F)F)c1=O. The Morgan fingerprint density at radius 2 is 2.27 bits per heavy atom. The van der Waals surface area contributed by atoms with E-state index in [0.29, 0.717) is 17.7 Å². The molecule has 0 aliphatic carbocycles. The third-order valence-corrected chi connectivity index (χ3v) is 1.83. The fraction of sp³-hybridized carbons (Fsp3) is 0.333.